The van der Waals surface area contributed by atoms with Crippen LogP contribution in [0.5, 0.6) is 0 Å². The predicted molar refractivity (Wildman–Crippen MR) is 86.7 cm³/mol. The van der Waals surface area contributed by atoms with Crippen molar-refractivity contribution in [2.75, 3.05) is 0 Å². The lowest BCUT2D eigenvalue weighted by Gasteiger charge is -2.11. The van der Waals surface area contributed by atoms with Gasteiger partial charge in [0, 0.05) is 12.0 Å². The molecule has 0 atom stereocenters. The summed E-state index contributed by atoms with van der Waals surface area (Å²) in [7, 11) is 0. The Morgan fingerprint density at radius 3 is 2.62 bits per heavy atom. The number of hydrazine groups is 1. The SMILES string of the molecule is CCCCCC(=O)NC(=S)NNC(=O)c1cccc(C)c1. The number of hydrogen-bond acceptors (Lipinski definition) is 3. The van der Waals surface area contributed by atoms with Crippen LogP contribution < -0.4 is 16.2 Å². The van der Waals surface area contributed by atoms with Crippen LogP contribution in [-0.4, -0.2) is 16.9 Å². The van der Waals surface area contributed by atoms with Crippen molar-refractivity contribution in [3.63, 3.8) is 0 Å². The molecule has 0 fully saturated rings. The Labute approximate surface area is 130 Å². The van der Waals surface area contributed by atoms with E-state index in [9.17, 15) is 9.59 Å². The van der Waals surface area contributed by atoms with Gasteiger partial charge in [0.2, 0.25) is 5.91 Å². The number of thiocarbonyl (C=S) groups is 1. The van der Waals surface area contributed by atoms with Gasteiger partial charge in [-0.15, -0.1) is 0 Å². The summed E-state index contributed by atoms with van der Waals surface area (Å²) in [6, 6.07) is 7.18. The highest BCUT2D eigenvalue weighted by molar-refractivity contribution is 7.80. The number of benzene rings is 1. The Hall–Kier alpha value is -1.95. The molecule has 0 heterocycles. The van der Waals surface area contributed by atoms with Gasteiger partial charge in [0.25, 0.3) is 5.91 Å². The summed E-state index contributed by atoms with van der Waals surface area (Å²) < 4.78 is 0. The number of rotatable bonds is 5. The van der Waals surface area contributed by atoms with Crippen LogP contribution in [0.4, 0.5) is 0 Å². The van der Waals surface area contributed by atoms with Gasteiger partial charge in [0.05, 0.1) is 0 Å². The third kappa shape index (κ3) is 6.85. The Morgan fingerprint density at radius 1 is 1.19 bits per heavy atom. The predicted octanol–water partition coefficient (Wildman–Crippen LogP) is 2.21. The molecule has 1 aromatic carbocycles. The van der Waals surface area contributed by atoms with E-state index in [2.05, 4.69) is 23.1 Å². The van der Waals surface area contributed by atoms with Gasteiger partial charge in [-0.2, -0.15) is 0 Å². The number of nitrogens with one attached hydrogen (secondary N) is 3. The molecule has 0 aliphatic carbocycles. The molecule has 0 aromatic heterocycles. The molecule has 6 heteroatoms. The quantitative estimate of drug-likeness (QED) is 0.443. The number of aryl methyl sites for hydroxylation is 1. The van der Waals surface area contributed by atoms with Crippen LogP contribution in [0.2, 0.25) is 0 Å². The minimum atomic E-state index is -0.304. The summed E-state index contributed by atoms with van der Waals surface area (Å²) in [5.74, 6) is -0.452. The van der Waals surface area contributed by atoms with E-state index in [1.165, 1.54) is 0 Å². The summed E-state index contributed by atoms with van der Waals surface area (Å²) in [5.41, 5.74) is 6.50. The average Bonchev–Trinajstić information content (AvgIpc) is 2.45. The Bertz CT molecular complexity index is 517. The van der Waals surface area contributed by atoms with Gasteiger partial charge in [0.1, 0.15) is 0 Å². The van der Waals surface area contributed by atoms with Crippen LogP contribution in [0.3, 0.4) is 0 Å². The molecule has 0 saturated heterocycles. The Balaban J connectivity index is 2.32. The number of hydrogen-bond donors (Lipinski definition) is 3. The normalized spacial score (nSPS) is 9.81. The van der Waals surface area contributed by atoms with Crippen LogP contribution in [0.25, 0.3) is 0 Å². The third-order valence-corrected chi connectivity index (χ3v) is 3.03. The van der Waals surface area contributed by atoms with Gasteiger partial charge in [-0.25, -0.2) is 0 Å². The Morgan fingerprint density at radius 2 is 1.95 bits per heavy atom. The average molecular weight is 307 g/mol. The minimum absolute atomic E-state index is 0.0949. The monoisotopic (exact) mass is 307 g/mol. The molecular formula is C15H21N3O2S. The van der Waals surface area contributed by atoms with Crippen molar-refractivity contribution in [1.29, 1.82) is 0 Å². The maximum atomic E-state index is 11.9. The van der Waals surface area contributed by atoms with E-state index in [1.54, 1.807) is 18.2 Å². The first-order valence-corrected chi connectivity index (χ1v) is 7.40. The molecule has 0 aliphatic heterocycles. The van der Waals surface area contributed by atoms with Crippen molar-refractivity contribution in [3.05, 3.63) is 35.4 Å². The molecule has 5 nitrogen and oxygen atoms in total. The molecule has 0 bridgehead atoms. The zero-order valence-corrected chi connectivity index (χ0v) is 13.2. The van der Waals surface area contributed by atoms with Crippen molar-refractivity contribution in [2.24, 2.45) is 0 Å². The molecule has 0 aliphatic rings. The van der Waals surface area contributed by atoms with Gasteiger partial charge in [-0.1, -0.05) is 37.5 Å². The minimum Gasteiger partial charge on any atom is -0.302 e. The van der Waals surface area contributed by atoms with Crippen molar-refractivity contribution in [3.8, 4) is 0 Å². The van der Waals surface area contributed by atoms with Crippen LogP contribution in [0.15, 0.2) is 24.3 Å². The highest BCUT2D eigenvalue weighted by atomic mass is 32.1. The smallest absolute Gasteiger partial charge is 0.269 e. The molecule has 21 heavy (non-hydrogen) atoms. The highest BCUT2D eigenvalue weighted by Crippen LogP contribution is 2.03. The van der Waals surface area contributed by atoms with Crippen molar-refractivity contribution >= 4 is 29.1 Å². The maximum absolute atomic E-state index is 11.9. The van der Waals surface area contributed by atoms with Crippen LogP contribution in [0.1, 0.15) is 48.5 Å². The molecule has 0 saturated carbocycles. The van der Waals surface area contributed by atoms with E-state index in [-0.39, 0.29) is 16.9 Å². The van der Waals surface area contributed by atoms with E-state index in [0.717, 1.165) is 24.8 Å². The molecule has 114 valence electrons. The summed E-state index contributed by atoms with van der Waals surface area (Å²) in [5, 5.41) is 2.62. The van der Waals surface area contributed by atoms with Crippen LogP contribution >= 0.6 is 12.2 Å². The first-order valence-electron chi connectivity index (χ1n) is 6.99. The zero-order valence-electron chi connectivity index (χ0n) is 12.4. The molecule has 0 spiro atoms. The molecule has 0 unspecified atom stereocenters. The number of amides is 2. The molecule has 2 amide bonds. The standard InChI is InChI=1S/C15H21N3O2S/c1-3-4-5-9-13(19)16-15(21)18-17-14(20)12-8-6-7-11(2)10-12/h6-8,10H,3-5,9H2,1-2H3,(H,17,20)(H2,16,18,19,21). The van der Waals surface area contributed by atoms with Crippen molar-refractivity contribution < 1.29 is 9.59 Å². The fraction of sp³-hybridized carbons (Fsp3) is 0.400. The first-order chi connectivity index (χ1) is 10.0. The van der Waals surface area contributed by atoms with Crippen molar-refractivity contribution in [2.45, 2.75) is 39.5 Å². The second kappa shape index (κ2) is 9.07. The van der Waals surface area contributed by atoms with Gasteiger partial charge in [-0.05, 0) is 37.7 Å². The molecular weight excluding hydrogens is 286 g/mol. The number of unbranched alkanes of at least 4 members (excludes halogenated alkanes) is 2. The van der Waals surface area contributed by atoms with Gasteiger partial charge < -0.3 is 5.32 Å². The second-order valence-corrected chi connectivity index (χ2v) is 5.19. The summed E-state index contributed by atoms with van der Waals surface area (Å²) in [6.45, 7) is 3.98. The van der Waals surface area contributed by atoms with E-state index in [1.807, 2.05) is 13.0 Å². The lowest BCUT2D eigenvalue weighted by Crippen LogP contribution is -2.48. The number of carbonyl (C=O) groups excluding carboxylic acids is 2. The zero-order chi connectivity index (χ0) is 15.7. The summed E-state index contributed by atoms with van der Waals surface area (Å²) in [4.78, 5) is 23.4. The molecule has 0 radical (unpaired) electrons. The number of carbonyl (C=O) groups is 2. The molecule has 1 aromatic rings. The second-order valence-electron chi connectivity index (χ2n) is 4.78. The summed E-state index contributed by atoms with van der Waals surface area (Å²) in [6.07, 6.45) is 3.34. The van der Waals surface area contributed by atoms with E-state index >= 15 is 0 Å². The van der Waals surface area contributed by atoms with Gasteiger partial charge in [-0.3, -0.25) is 20.4 Å². The maximum Gasteiger partial charge on any atom is 0.269 e. The first kappa shape index (κ1) is 17.1. The van der Waals surface area contributed by atoms with Crippen LogP contribution in [0, 0.1) is 6.92 Å². The van der Waals surface area contributed by atoms with Gasteiger partial charge >= 0.3 is 0 Å². The van der Waals surface area contributed by atoms with E-state index in [4.69, 9.17) is 12.2 Å². The van der Waals surface area contributed by atoms with Crippen molar-refractivity contribution in [1.82, 2.24) is 16.2 Å². The van der Waals surface area contributed by atoms with E-state index in [0.29, 0.717) is 12.0 Å². The summed E-state index contributed by atoms with van der Waals surface area (Å²) >= 11 is 4.95. The largest absolute Gasteiger partial charge is 0.302 e. The lowest BCUT2D eigenvalue weighted by atomic mass is 10.1. The topological polar surface area (TPSA) is 70.2 Å². The van der Waals surface area contributed by atoms with Gasteiger partial charge in [0.15, 0.2) is 5.11 Å². The molecule has 1 rings (SSSR count). The molecule has 3 N–H and O–H groups in total. The highest BCUT2D eigenvalue weighted by Gasteiger charge is 2.07. The lowest BCUT2D eigenvalue weighted by molar-refractivity contribution is -0.119. The van der Waals surface area contributed by atoms with E-state index < -0.39 is 0 Å². The fourth-order valence-electron chi connectivity index (χ4n) is 1.73. The van der Waals surface area contributed by atoms with Crippen LogP contribution in [-0.2, 0) is 4.79 Å². The fourth-order valence-corrected chi connectivity index (χ4v) is 1.89. The third-order valence-electron chi connectivity index (χ3n) is 2.83. The Kier molecular flexibility index (Phi) is 7.39.